The lowest BCUT2D eigenvalue weighted by Crippen LogP contribution is -2.26. The highest BCUT2D eigenvalue weighted by molar-refractivity contribution is 7.17. The summed E-state index contributed by atoms with van der Waals surface area (Å²) in [5, 5.41) is 2.63. The molecular weight excluding hydrogens is 371 g/mol. The summed E-state index contributed by atoms with van der Waals surface area (Å²) in [4.78, 5) is 19.1. The van der Waals surface area contributed by atoms with Gasteiger partial charge in [0.2, 0.25) is 0 Å². The SMILES string of the molecule is Cc1ccc(-c2csc3nc(C(C)C)n(Cc4cccc(F)c4)c(=O)c23)cc1. The molecule has 4 rings (SSSR count). The summed E-state index contributed by atoms with van der Waals surface area (Å²) < 4.78 is 15.3. The van der Waals surface area contributed by atoms with E-state index in [-0.39, 0.29) is 17.3 Å². The molecule has 0 saturated heterocycles. The van der Waals surface area contributed by atoms with Crippen molar-refractivity contribution >= 4 is 21.6 Å². The van der Waals surface area contributed by atoms with Crippen LogP contribution < -0.4 is 5.56 Å². The van der Waals surface area contributed by atoms with Crippen LogP contribution in [0.1, 0.15) is 36.7 Å². The first kappa shape index (κ1) is 18.6. The Bertz CT molecular complexity index is 1210. The van der Waals surface area contributed by atoms with E-state index in [2.05, 4.69) is 0 Å². The molecule has 4 aromatic rings. The molecule has 0 aliphatic heterocycles. The highest BCUT2D eigenvalue weighted by Gasteiger charge is 2.19. The number of aryl methyl sites for hydroxylation is 1. The average molecular weight is 392 g/mol. The Balaban J connectivity index is 1.93. The fraction of sp³-hybridized carbons (Fsp3) is 0.217. The van der Waals surface area contributed by atoms with E-state index >= 15 is 0 Å². The van der Waals surface area contributed by atoms with Crippen molar-refractivity contribution < 1.29 is 4.39 Å². The predicted molar refractivity (Wildman–Crippen MR) is 114 cm³/mol. The summed E-state index contributed by atoms with van der Waals surface area (Å²) in [5.74, 6) is 0.496. The van der Waals surface area contributed by atoms with Gasteiger partial charge in [-0.05, 0) is 30.2 Å². The van der Waals surface area contributed by atoms with E-state index in [1.807, 2.05) is 56.5 Å². The fourth-order valence-corrected chi connectivity index (χ4v) is 4.34. The Kier molecular flexibility index (Phi) is 4.85. The number of thiophene rings is 1. The number of rotatable bonds is 4. The largest absolute Gasteiger partial charge is 0.291 e. The van der Waals surface area contributed by atoms with E-state index in [1.165, 1.54) is 29.0 Å². The van der Waals surface area contributed by atoms with Crippen molar-refractivity contribution in [2.24, 2.45) is 0 Å². The Hall–Kier alpha value is -2.79. The number of nitrogens with zero attached hydrogens (tertiary/aromatic N) is 2. The average Bonchev–Trinajstić information content (AvgIpc) is 3.08. The molecule has 2 aromatic carbocycles. The molecule has 28 heavy (non-hydrogen) atoms. The Morgan fingerprint density at radius 1 is 1.14 bits per heavy atom. The van der Waals surface area contributed by atoms with Crippen LogP contribution in [0.25, 0.3) is 21.3 Å². The minimum Gasteiger partial charge on any atom is -0.291 e. The van der Waals surface area contributed by atoms with Gasteiger partial charge < -0.3 is 0 Å². The molecule has 0 aliphatic rings. The van der Waals surface area contributed by atoms with Crippen molar-refractivity contribution in [1.29, 1.82) is 0 Å². The molecule has 5 heteroatoms. The Morgan fingerprint density at radius 2 is 1.89 bits per heavy atom. The molecule has 0 spiro atoms. The lowest BCUT2D eigenvalue weighted by atomic mass is 10.0. The molecular formula is C23H21FN2OS. The molecule has 2 aromatic heterocycles. The maximum atomic E-state index is 13.6. The first-order valence-corrected chi connectivity index (χ1v) is 10.2. The van der Waals surface area contributed by atoms with E-state index in [9.17, 15) is 9.18 Å². The lowest BCUT2D eigenvalue weighted by Gasteiger charge is -2.15. The molecule has 0 bridgehead atoms. The number of benzene rings is 2. The molecule has 0 amide bonds. The number of fused-ring (bicyclic) bond motifs is 1. The molecule has 0 N–H and O–H groups in total. The summed E-state index contributed by atoms with van der Waals surface area (Å²) in [6, 6.07) is 14.5. The van der Waals surface area contributed by atoms with Crippen LogP contribution in [0.5, 0.6) is 0 Å². The van der Waals surface area contributed by atoms with Crippen molar-refractivity contribution in [2.75, 3.05) is 0 Å². The third-order valence-electron chi connectivity index (χ3n) is 4.83. The maximum absolute atomic E-state index is 13.6. The highest BCUT2D eigenvalue weighted by Crippen LogP contribution is 2.32. The second-order valence-electron chi connectivity index (χ2n) is 7.34. The summed E-state index contributed by atoms with van der Waals surface area (Å²) in [6.07, 6.45) is 0. The summed E-state index contributed by atoms with van der Waals surface area (Å²) in [5.41, 5.74) is 3.75. The molecule has 0 atom stereocenters. The van der Waals surface area contributed by atoms with Crippen LogP contribution in [0, 0.1) is 12.7 Å². The number of hydrogen-bond acceptors (Lipinski definition) is 3. The topological polar surface area (TPSA) is 34.9 Å². The van der Waals surface area contributed by atoms with Crippen LogP contribution in [-0.2, 0) is 6.54 Å². The van der Waals surface area contributed by atoms with Gasteiger partial charge in [-0.1, -0.05) is 55.8 Å². The molecule has 0 unspecified atom stereocenters. The Labute approximate surface area is 167 Å². The predicted octanol–water partition coefficient (Wildman–Crippen LogP) is 5.74. The van der Waals surface area contributed by atoms with Gasteiger partial charge >= 0.3 is 0 Å². The first-order valence-electron chi connectivity index (χ1n) is 9.27. The van der Waals surface area contributed by atoms with Crippen LogP contribution >= 0.6 is 11.3 Å². The third kappa shape index (κ3) is 3.38. The van der Waals surface area contributed by atoms with Crippen LogP contribution in [0.3, 0.4) is 0 Å². The van der Waals surface area contributed by atoms with Gasteiger partial charge in [-0.2, -0.15) is 0 Å². The molecule has 0 saturated carbocycles. The van der Waals surface area contributed by atoms with Gasteiger partial charge in [-0.15, -0.1) is 11.3 Å². The fourth-order valence-electron chi connectivity index (χ4n) is 3.40. The number of aromatic nitrogens is 2. The van der Waals surface area contributed by atoms with Crippen LogP contribution in [-0.4, -0.2) is 9.55 Å². The van der Waals surface area contributed by atoms with E-state index in [0.29, 0.717) is 11.9 Å². The summed E-state index contributed by atoms with van der Waals surface area (Å²) in [6.45, 7) is 6.38. The highest BCUT2D eigenvalue weighted by atomic mass is 32.1. The number of halogens is 1. The minimum atomic E-state index is -0.304. The monoisotopic (exact) mass is 392 g/mol. The van der Waals surface area contributed by atoms with Crippen molar-refractivity contribution in [3.05, 3.63) is 87.0 Å². The van der Waals surface area contributed by atoms with E-state index in [4.69, 9.17) is 4.98 Å². The van der Waals surface area contributed by atoms with Gasteiger partial charge in [-0.25, -0.2) is 9.37 Å². The second-order valence-corrected chi connectivity index (χ2v) is 8.20. The second kappa shape index (κ2) is 7.32. The molecule has 2 heterocycles. The van der Waals surface area contributed by atoms with Gasteiger partial charge in [0.05, 0.1) is 11.9 Å². The molecule has 0 radical (unpaired) electrons. The standard InChI is InChI=1S/C23H21FN2OS/c1-14(2)21-25-22-20(19(13-28-22)17-9-7-15(3)8-10-17)23(27)26(21)12-16-5-4-6-18(24)11-16/h4-11,13-14H,12H2,1-3H3. The summed E-state index contributed by atoms with van der Waals surface area (Å²) >= 11 is 1.49. The molecule has 0 fully saturated rings. The van der Waals surface area contributed by atoms with Crippen LogP contribution in [0.4, 0.5) is 4.39 Å². The van der Waals surface area contributed by atoms with Crippen LogP contribution in [0.2, 0.25) is 0 Å². The van der Waals surface area contributed by atoms with Crippen molar-refractivity contribution in [3.8, 4) is 11.1 Å². The summed E-state index contributed by atoms with van der Waals surface area (Å²) in [7, 11) is 0. The zero-order valence-electron chi connectivity index (χ0n) is 16.1. The zero-order chi connectivity index (χ0) is 19.8. The van der Waals surface area contributed by atoms with E-state index < -0.39 is 0 Å². The zero-order valence-corrected chi connectivity index (χ0v) is 16.9. The number of hydrogen-bond donors (Lipinski definition) is 0. The maximum Gasteiger partial charge on any atom is 0.263 e. The first-order chi connectivity index (χ1) is 13.4. The van der Waals surface area contributed by atoms with Gasteiger partial charge in [0.1, 0.15) is 16.5 Å². The van der Waals surface area contributed by atoms with Gasteiger partial charge in [0.15, 0.2) is 0 Å². The third-order valence-corrected chi connectivity index (χ3v) is 5.70. The molecule has 142 valence electrons. The van der Waals surface area contributed by atoms with Gasteiger partial charge in [0, 0.05) is 16.9 Å². The molecule has 3 nitrogen and oxygen atoms in total. The quantitative estimate of drug-likeness (QED) is 0.444. The van der Waals surface area contributed by atoms with Crippen LogP contribution in [0.15, 0.2) is 58.7 Å². The lowest BCUT2D eigenvalue weighted by molar-refractivity contribution is 0.612. The van der Waals surface area contributed by atoms with E-state index in [0.717, 1.165) is 27.3 Å². The Morgan fingerprint density at radius 3 is 2.57 bits per heavy atom. The van der Waals surface area contributed by atoms with Gasteiger partial charge in [0.25, 0.3) is 5.56 Å². The smallest absolute Gasteiger partial charge is 0.263 e. The van der Waals surface area contributed by atoms with Gasteiger partial charge in [-0.3, -0.25) is 9.36 Å². The minimum absolute atomic E-state index is 0.0743. The normalized spacial score (nSPS) is 11.5. The molecule has 0 aliphatic carbocycles. The van der Waals surface area contributed by atoms with Crippen molar-refractivity contribution in [3.63, 3.8) is 0 Å². The van der Waals surface area contributed by atoms with Crippen molar-refractivity contribution in [2.45, 2.75) is 33.2 Å². The van der Waals surface area contributed by atoms with Crippen molar-refractivity contribution in [1.82, 2.24) is 9.55 Å². The van der Waals surface area contributed by atoms with E-state index in [1.54, 1.807) is 10.6 Å².